The molecule has 13 heavy (non-hydrogen) atoms. The molecule has 1 heteroatoms. The van der Waals surface area contributed by atoms with Crippen LogP contribution in [0.2, 0.25) is 0 Å². The van der Waals surface area contributed by atoms with E-state index in [1.54, 1.807) is 6.08 Å². The maximum atomic E-state index is 8.23. The van der Waals surface area contributed by atoms with Crippen LogP contribution in [0.1, 0.15) is 58.3 Å². The van der Waals surface area contributed by atoms with Crippen molar-refractivity contribution in [1.82, 2.24) is 0 Å². The van der Waals surface area contributed by atoms with Gasteiger partial charge in [-0.25, -0.2) is 0 Å². The molecule has 0 N–H and O–H groups in total. The van der Waals surface area contributed by atoms with Gasteiger partial charge in [0, 0.05) is 6.08 Å². The van der Waals surface area contributed by atoms with Gasteiger partial charge in [0.1, 0.15) is 0 Å². The number of nitrogens with zero attached hydrogens (tertiary/aromatic N) is 1. The highest BCUT2D eigenvalue weighted by atomic mass is 14.2. The van der Waals surface area contributed by atoms with Gasteiger partial charge in [0.25, 0.3) is 0 Å². The van der Waals surface area contributed by atoms with Gasteiger partial charge in [-0.05, 0) is 12.8 Å². The molecule has 0 aliphatic heterocycles. The first-order valence-electron chi connectivity index (χ1n) is 5.46. The summed E-state index contributed by atoms with van der Waals surface area (Å²) in [6, 6.07) is 2.01. The molecule has 0 fully saturated rings. The fourth-order valence-electron chi connectivity index (χ4n) is 1.36. The van der Waals surface area contributed by atoms with Gasteiger partial charge in [-0.2, -0.15) is 5.26 Å². The molecular weight excluding hydrogens is 158 g/mol. The molecule has 0 saturated carbocycles. The summed E-state index contributed by atoms with van der Waals surface area (Å²) in [4.78, 5) is 0. The Labute approximate surface area is 82.5 Å². The monoisotopic (exact) mass is 179 g/mol. The SMILES string of the molecule is CCCCCCCCCC=CC#N. The average molecular weight is 179 g/mol. The highest BCUT2D eigenvalue weighted by Gasteiger charge is 1.88. The van der Waals surface area contributed by atoms with Gasteiger partial charge in [-0.3, -0.25) is 0 Å². The van der Waals surface area contributed by atoms with Crippen LogP contribution < -0.4 is 0 Å². The largest absolute Gasteiger partial charge is 0.193 e. The average Bonchev–Trinajstić information content (AvgIpc) is 2.16. The molecule has 0 amide bonds. The van der Waals surface area contributed by atoms with Gasteiger partial charge in [0.2, 0.25) is 0 Å². The lowest BCUT2D eigenvalue weighted by Crippen LogP contribution is -1.78. The molecule has 0 bridgehead atoms. The Hall–Kier alpha value is -0.770. The molecule has 1 nitrogen and oxygen atoms in total. The first kappa shape index (κ1) is 12.2. The van der Waals surface area contributed by atoms with Crippen molar-refractivity contribution in [2.24, 2.45) is 0 Å². The summed E-state index contributed by atoms with van der Waals surface area (Å²) in [6.07, 6.45) is 14.0. The minimum absolute atomic E-state index is 1.07. The van der Waals surface area contributed by atoms with E-state index >= 15 is 0 Å². The van der Waals surface area contributed by atoms with Crippen molar-refractivity contribution >= 4 is 0 Å². The molecular formula is C12H21N. The van der Waals surface area contributed by atoms with Crippen LogP contribution in [0.5, 0.6) is 0 Å². The van der Waals surface area contributed by atoms with E-state index in [-0.39, 0.29) is 0 Å². The lowest BCUT2D eigenvalue weighted by Gasteiger charge is -1.98. The quantitative estimate of drug-likeness (QED) is 0.404. The van der Waals surface area contributed by atoms with Crippen LogP contribution in [0.3, 0.4) is 0 Å². The molecule has 0 atom stereocenters. The molecule has 0 aromatic carbocycles. The van der Waals surface area contributed by atoms with E-state index in [1.165, 1.54) is 44.9 Å². The zero-order valence-electron chi connectivity index (χ0n) is 8.76. The van der Waals surface area contributed by atoms with Crippen molar-refractivity contribution < 1.29 is 0 Å². The second kappa shape index (κ2) is 11.2. The van der Waals surface area contributed by atoms with E-state index in [2.05, 4.69) is 6.92 Å². The number of hydrogen-bond donors (Lipinski definition) is 0. The predicted octanol–water partition coefficient (Wildman–Crippen LogP) is 4.21. The number of hydrogen-bond acceptors (Lipinski definition) is 1. The van der Waals surface area contributed by atoms with E-state index in [0.29, 0.717) is 0 Å². The number of nitriles is 1. The van der Waals surface area contributed by atoms with Crippen LogP contribution >= 0.6 is 0 Å². The van der Waals surface area contributed by atoms with Gasteiger partial charge in [0.05, 0.1) is 6.07 Å². The second-order valence-corrected chi connectivity index (χ2v) is 3.44. The smallest absolute Gasteiger partial charge is 0.0908 e. The number of allylic oxidation sites excluding steroid dienone is 2. The van der Waals surface area contributed by atoms with E-state index < -0.39 is 0 Å². The molecule has 0 radical (unpaired) electrons. The zero-order chi connectivity index (χ0) is 9.78. The Kier molecular flexibility index (Phi) is 10.6. The summed E-state index contributed by atoms with van der Waals surface area (Å²) >= 11 is 0. The fourth-order valence-corrected chi connectivity index (χ4v) is 1.36. The van der Waals surface area contributed by atoms with Crippen molar-refractivity contribution in [2.45, 2.75) is 58.3 Å². The molecule has 0 aromatic heterocycles. The third-order valence-corrected chi connectivity index (χ3v) is 2.17. The zero-order valence-corrected chi connectivity index (χ0v) is 8.76. The number of rotatable bonds is 8. The molecule has 0 spiro atoms. The van der Waals surface area contributed by atoms with Gasteiger partial charge in [0.15, 0.2) is 0 Å². The van der Waals surface area contributed by atoms with Crippen molar-refractivity contribution in [3.63, 3.8) is 0 Å². The second-order valence-electron chi connectivity index (χ2n) is 3.44. The van der Waals surface area contributed by atoms with Crippen molar-refractivity contribution in [3.05, 3.63) is 12.2 Å². The predicted molar refractivity (Wildman–Crippen MR) is 57.4 cm³/mol. The van der Waals surface area contributed by atoms with Crippen molar-refractivity contribution in [2.75, 3.05) is 0 Å². The molecule has 0 saturated heterocycles. The van der Waals surface area contributed by atoms with Crippen LogP contribution in [0, 0.1) is 11.3 Å². The topological polar surface area (TPSA) is 23.8 Å². The Morgan fingerprint density at radius 1 is 1.00 bits per heavy atom. The van der Waals surface area contributed by atoms with Crippen LogP contribution in [0.25, 0.3) is 0 Å². The van der Waals surface area contributed by atoms with E-state index in [0.717, 1.165) is 6.42 Å². The minimum Gasteiger partial charge on any atom is -0.193 e. The van der Waals surface area contributed by atoms with Crippen LogP contribution in [0.15, 0.2) is 12.2 Å². The summed E-state index contributed by atoms with van der Waals surface area (Å²) in [5.74, 6) is 0. The lowest BCUT2D eigenvalue weighted by molar-refractivity contribution is 0.592. The first-order valence-corrected chi connectivity index (χ1v) is 5.46. The van der Waals surface area contributed by atoms with E-state index in [9.17, 15) is 0 Å². The fraction of sp³-hybridized carbons (Fsp3) is 0.750. The summed E-state index contributed by atoms with van der Waals surface area (Å²) in [5, 5.41) is 8.23. The maximum absolute atomic E-state index is 8.23. The van der Waals surface area contributed by atoms with Crippen LogP contribution in [-0.2, 0) is 0 Å². The van der Waals surface area contributed by atoms with E-state index in [4.69, 9.17) is 5.26 Å². The van der Waals surface area contributed by atoms with Crippen LogP contribution in [-0.4, -0.2) is 0 Å². The third kappa shape index (κ3) is 11.2. The number of unbranched alkanes of at least 4 members (excludes halogenated alkanes) is 7. The lowest BCUT2D eigenvalue weighted by atomic mass is 10.1. The maximum Gasteiger partial charge on any atom is 0.0908 e. The van der Waals surface area contributed by atoms with Gasteiger partial charge in [-0.15, -0.1) is 0 Å². The molecule has 0 unspecified atom stereocenters. The standard InChI is InChI=1S/C12H21N/c1-2-3-4-5-6-7-8-9-10-11-12-13/h10-11H,2-9H2,1H3. The van der Waals surface area contributed by atoms with Crippen LogP contribution in [0.4, 0.5) is 0 Å². The van der Waals surface area contributed by atoms with Crippen molar-refractivity contribution in [3.8, 4) is 6.07 Å². The van der Waals surface area contributed by atoms with E-state index in [1.807, 2.05) is 12.1 Å². The van der Waals surface area contributed by atoms with Gasteiger partial charge in [-0.1, -0.05) is 51.5 Å². The summed E-state index contributed by atoms with van der Waals surface area (Å²) in [5.41, 5.74) is 0. The Balaban J connectivity index is 2.92. The molecule has 0 heterocycles. The summed E-state index contributed by atoms with van der Waals surface area (Å²) in [7, 11) is 0. The van der Waals surface area contributed by atoms with Crippen molar-refractivity contribution in [1.29, 1.82) is 5.26 Å². The Morgan fingerprint density at radius 3 is 2.23 bits per heavy atom. The molecule has 0 aliphatic rings. The third-order valence-electron chi connectivity index (χ3n) is 2.17. The molecule has 0 aliphatic carbocycles. The minimum atomic E-state index is 1.07. The Bertz CT molecular complexity index is 153. The first-order chi connectivity index (χ1) is 6.41. The summed E-state index contributed by atoms with van der Waals surface area (Å²) in [6.45, 7) is 2.24. The molecule has 0 aromatic rings. The van der Waals surface area contributed by atoms with Gasteiger partial charge >= 0.3 is 0 Å². The summed E-state index contributed by atoms with van der Waals surface area (Å²) < 4.78 is 0. The highest BCUT2D eigenvalue weighted by Crippen LogP contribution is 2.08. The van der Waals surface area contributed by atoms with Gasteiger partial charge < -0.3 is 0 Å². The highest BCUT2D eigenvalue weighted by molar-refractivity contribution is 5.01. The molecule has 74 valence electrons. The molecule has 0 rings (SSSR count). The normalized spacial score (nSPS) is 10.5. The Morgan fingerprint density at radius 2 is 1.62 bits per heavy atom.